The van der Waals surface area contributed by atoms with Crippen molar-refractivity contribution in [3.63, 3.8) is 0 Å². The lowest BCUT2D eigenvalue weighted by Crippen LogP contribution is -2.32. The Hall–Kier alpha value is -2.98. The molecule has 0 aromatic heterocycles. The molecule has 29 heavy (non-hydrogen) atoms. The molecule has 0 fully saturated rings. The highest BCUT2D eigenvalue weighted by Gasteiger charge is 2.25. The quantitative estimate of drug-likeness (QED) is 0.546. The minimum Gasteiger partial charge on any atom is -0.322 e. The summed E-state index contributed by atoms with van der Waals surface area (Å²) in [6.07, 6.45) is 0. The molecular formula is C25H27FN2O. The Kier molecular flexibility index (Phi) is 6.45. The lowest BCUT2D eigenvalue weighted by Gasteiger charge is -2.32. The van der Waals surface area contributed by atoms with Gasteiger partial charge in [-0.25, -0.2) is 4.39 Å². The minimum atomic E-state index is -0.237. The number of carbonyl (C=O) groups excluding carboxylic acids is 1. The van der Waals surface area contributed by atoms with Gasteiger partial charge >= 0.3 is 0 Å². The van der Waals surface area contributed by atoms with E-state index >= 15 is 0 Å². The molecule has 4 heteroatoms. The minimum absolute atomic E-state index is 0.0462. The Morgan fingerprint density at radius 3 is 2.28 bits per heavy atom. The van der Waals surface area contributed by atoms with Gasteiger partial charge in [-0.1, -0.05) is 63.2 Å². The highest BCUT2D eigenvalue weighted by atomic mass is 19.1. The largest absolute Gasteiger partial charge is 0.322 e. The Bertz CT molecular complexity index is 947. The van der Waals surface area contributed by atoms with E-state index in [4.69, 9.17) is 0 Å². The predicted molar refractivity (Wildman–Crippen MR) is 116 cm³/mol. The zero-order valence-electron chi connectivity index (χ0n) is 17.1. The van der Waals surface area contributed by atoms with Crippen LogP contribution in [-0.2, 0) is 6.54 Å². The van der Waals surface area contributed by atoms with Gasteiger partial charge in [-0.15, -0.1) is 0 Å². The average Bonchev–Trinajstić information content (AvgIpc) is 2.69. The fourth-order valence-electron chi connectivity index (χ4n) is 3.35. The first-order chi connectivity index (χ1) is 13.8. The monoisotopic (exact) mass is 390 g/mol. The van der Waals surface area contributed by atoms with E-state index in [-0.39, 0.29) is 23.2 Å². The zero-order chi connectivity index (χ0) is 20.9. The van der Waals surface area contributed by atoms with E-state index in [1.807, 2.05) is 66.7 Å². The van der Waals surface area contributed by atoms with Crippen LogP contribution in [0.2, 0.25) is 0 Å². The van der Waals surface area contributed by atoms with Gasteiger partial charge in [-0.2, -0.15) is 0 Å². The van der Waals surface area contributed by atoms with E-state index in [1.165, 1.54) is 12.1 Å². The molecule has 0 aliphatic heterocycles. The lowest BCUT2D eigenvalue weighted by atomic mass is 9.82. The van der Waals surface area contributed by atoms with Crippen LogP contribution in [0.3, 0.4) is 0 Å². The summed E-state index contributed by atoms with van der Waals surface area (Å²) in [6, 6.07) is 23.7. The van der Waals surface area contributed by atoms with Crippen LogP contribution in [0.4, 0.5) is 10.1 Å². The number of halogens is 1. The summed E-state index contributed by atoms with van der Waals surface area (Å²) in [5.41, 5.74) is 3.38. The summed E-state index contributed by atoms with van der Waals surface area (Å²) in [7, 11) is 0. The smallest absolute Gasteiger partial charge is 0.255 e. The van der Waals surface area contributed by atoms with Gasteiger partial charge in [0, 0.05) is 23.8 Å². The van der Waals surface area contributed by atoms with E-state index in [9.17, 15) is 9.18 Å². The number of benzene rings is 3. The molecule has 1 unspecified atom stereocenters. The average molecular weight is 391 g/mol. The van der Waals surface area contributed by atoms with Gasteiger partial charge in [0.2, 0.25) is 0 Å². The molecule has 3 aromatic carbocycles. The second kappa shape index (κ2) is 9.01. The molecule has 0 spiro atoms. The number of amides is 1. The van der Waals surface area contributed by atoms with E-state index in [0.29, 0.717) is 12.1 Å². The third-order valence-corrected chi connectivity index (χ3v) is 4.80. The zero-order valence-corrected chi connectivity index (χ0v) is 17.1. The summed E-state index contributed by atoms with van der Waals surface area (Å²) in [6.45, 7) is 7.05. The molecule has 3 rings (SSSR count). The van der Waals surface area contributed by atoms with E-state index in [0.717, 1.165) is 16.8 Å². The molecule has 150 valence electrons. The maximum Gasteiger partial charge on any atom is 0.255 e. The molecule has 0 saturated heterocycles. The molecule has 1 amide bonds. The SMILES string of the molecule is CC(C)(C)C(NCc1cccc(C(=O)Nc2ccccc2)c1)c1ccc(F)cc1. The molecule has 0 aliphatic rings. The highest BCUT2D eigenvalue weighted by Crippen LogP contribution is 2.33. The van der Waals surface area contributed by atoms with Gasteiger partial charge in [-0.3, -0.25) is 4.79 Å². The summed E-state index contributed by atoms with van der Waals surface area (Å²) >= 11 is 0. The predicted octanol–water partition coefficient (Wildman–Crippen LogP) is 5.96. The van der Waals surface area contributed by atoms with Crippen LogP contribution in [0.15, 0.2) is 78.9 Å². The van der Waals surface area contributed by atoms with Crippen LogP contribution >= 0.6 is 0 Å². The molecular weight excluding hydrogens is 363 g/mol. The molecule has 0 aliphatic carbocycles. The first-order valence-corrected chi connectivity index (χ1v) is 9.77. The van der Waals surface area contributed by atoms with Gasteiger partial charge in [0.1, 0.15) is 5.82 Å². The number of nitrogens with one attached hydrogen (secondary N) is 2. The topological polar surface area (TPSA) is 41.1 Å². The normalized spacial score (nSPS) is 12.4. The maximum absolute atomic E-state index is 13.3. The molecule has 0 bridgehead atoms. The van der Waals surface area contributed by atoms with Crippen molar-refractivity contribution in [1.82, 2.24) is 5.32 Å². The van der Waals surface area contributed by atoms with Crippen molar-refractivity contribution in [1.29, 1.82) is 0 Å². The summed E-state index contributed by atoms with van der Waals surface area (Å²) < 4.78 is 13.3. The second-order valence-electron chi connectivity index (χ2n) is 8.25. The number of para-hydroxylation sites is 1. The van der Waals surface area contributed by atoms with E-state index in [2.05, 4.69) is 31.4 Å². The van der Waals surface area contributed by atoms with Crippen molar-refractivity contribution in [2.75, 3.05) is 5.32 Å². The number of rotatable bonds is 6. The Labute approximate surface area is 172 Å². The van der Waals surface area contributed by atoms with Crippen LogP contribution in [0.1, 0.15) is 48.3 Å². The Balaban J connectivity index is 1.71. The fraction of sp³-hybridized carbons (Fsp3) is 0.240. The Morgan fingerprint density at radius 1 is 0.931 bits per heavy atom. The van der Waals surface area contributed by atoms with Crippen LogP contribution < -0.4 is 10.6 Å². The lowest BCUT2D eigenvalue weighted by molar-refractivity contribution is 0.102. The van der Waals surface area contributed by atoms with Crippen molar-refractivity contribution >= 4 is 11.6 Å². The number of hydrogen-bond donors (Lipinski definition) is 2. The van der Waals surface area contributed by atoms with Gasteiger partial charge in [0.05, 0.1) is 0 Å². The first-order valence-electron chi connectivity index (χ1n) is 9.77. The third-order valence-electron chi connectivity index (χ3n) is 4.80. The molecule has 3 nitrogen and oxygen atoms in total. The highest BCUT2D eigenvalue weighted by molar-refractivity contribution is 6.04. The number of hydrogen-bond acceptors (Lipinski definition) is 2. The van der Waals surface area contributed by atoms with E-state index < -0.39 is 0 Å². The third kappa shape index (κ3) is 5.75. The first kappa shape index (κ1) is 20.7. The van der Waals surface area contributed by atoms with Crippen LogP contribution in [0.25, 0.3) is 0 Å². The molecule has 3 aromatic rings. The van der Waals surface area contributed by atoms with Gasteiger partial charge < -0.3 is 10.6 Å². The molecule has 0 radical (unpaired) electrons. The molecule has 2 N–H and O–H groups in total. The van der Waals surface area contributed by atoms with Gasteiger partial charge in [0.15, 0.2) is 0 Å². The fourth-order valence-corrected chi connectivity index (χ4v) is 3.35. The molecule has 0 heterocycles. The van der Waals surface area contributed by atoms with Crippen LogP contribution in [0.5, 0.6) is 0 Å². The second-order valence-corrected chi connectivity index (χ2v) is 8.25. The standard InChI is InChI=1S/C25H27FN2O/c1-25(2,3)23(19-12-14-21(26)15-13-19)27-17-18-8-7-9-20(16-18)24(29)28-22-10-5-4-6-11-22/h4-16,23,27H,17H2,1-3H3,(H,28,29). The summed E-state index contributed by atoms with van der Waals surface area (Å²) in [5.74, 6) is -0.373. The van der Waals surface area contributed by atoms with Crippen molar-refractivity contribution in [3.05, 3.63) is 101 Å². The van der Waals surface area contributed by atoms with Crippen molar-refractivity contribution in [2.24, 2.45) is 5.41 Å². The number of carbonyl (C=O) groups is 1. The molecule has 0 saturated carbocycles. The molecule has 1 atom stereocenters. The van der Waals surface area contributed by atoms with Gasteiger partial charge in [0.25, 0.3) is 5.91 Å². The maximum atomic E-state index is 13.3. The number of anilines is 1. The Morgan fingerprint density at radius 2 is 1.62 bits per heavy atom. The summed E-state index contributed by atoms with van der Waals surface area (Å²) in [4.78, 5) is 12.6. The van der Waals surface area contributed by atoms with E-state index in [1.54, 1.807) is 0 Å². The van der Waals surface area contributed by atoms with Crippen molar-refractivity contribution < 1.29 is 9.18 Å². The van der Waals surface area contributed by atoms with Crippen molar-refractivity contribution in [3.8, 4) is 0 Å². The summed E-state index contributed by atoms with van der Waals surface area (Å²) in [5, 5.41) is 6.48. The van der Waals surface area contributed by atoms with Crippen molar-refractivity contribution in [2.45, 2.75) is 33.4 Å². The van der Waals surface area contributed by atoms with Crippen LogP contribution in [-0.4, -0.2) is 5.91 Å². The van der Waals surface area contributed by atoms with Gasteiger partial charge in [-0.05, 0) is 52.9 Å². The van der Waals surface area contributed by atoms with Crippen LogP contribution in [0, 0.1) is 11.2 Å².